The van der Waals surface area contributed by atoms with Crippen molar-refractivity contribution >= 4 is 11.8 Å². The van der Waals surface area contributed by atoms with Crippen molar-refractivity contribution in [1.29, 1.82) is 0 Å². The van der Waals surface area contributed by atoms with Gasteiger partial charge in [-0.3, -0.25) is 9.59 Å². The Kier molecular flexibility index (Phi) is 5.55. The minimum atomic E-state index is -0.833. The molecule has 1 rings (SSSR count). The van der Waals surface area contributed by atoms with Crippen molar-refractivity contribution in [3.05, 3.63) is 0 Å². The number of nitrogens with zero attached hydrogens (tertiary/aromatic N) is 1. The van der Waals surface area contributed by atoms with Crippen molar-refractivity contribution in [2.45, 2.75) is 25.8 Å². The molecule has 1 N–H and O–H groups in total. The normalized spacial score (nSPS) is 19.6. The smallest absolute Gasteiger partial charge is 0.247 e. The first-order valence-electron chi connectivity index (χ1n) is 6.14. The van der Waals surface area contributed by atoms with E-state index in [1.54, 1.807) is 25.9 Å². The molecule has 104 valence electrons. The number of rotatable bonds is 6. The van der Waals surface area contributed by atoms with Crippen LogP contribution < -0.4 is 5.32 Å². The van der Waals surface area contributed by atoms with Gasteiger partial charge in [-0.05, 0) is 13.8 Å². The van der Waals surface area contributed by atoms with Gasteiger partial charge >= 0.3 is 0 Å². The Bertz CT molecular complexity index is 304. The molecule has 0 unspecified atom stereocenters. The molecule has 0 spiro atoms. The monoisotopic (exact) mass is 258 g/mol. The van der Waals surface area contributed by atoms with E-state index in [2.05, 4.69) is 5.32 Å². The Balaban J connectivity index is 2.43. The average Bonchev–Trinajstić information content (AvgIpc) is 2.39. The van der Waals surface area contributed by atoms with Crippen LogP contribution in [-0.4, -0.2) is 62.3 Å². The van der Waals surface area contributed by atoms with Gasteiger partial charge in [0.25, 0.3) is 0 Å². The number of hydrogen-bond acceptors (Lipinski definition) is 4. The van der Waals surface area contributed by atoms with Crippen LogP contribution in [0.5, 0.6) is 0 Å². The van der Waals surface area contributed by atoms with Crippen molar-refractivity contribution in [2.24, 2.45) is 0 Å². The summed E-state index contributed by atoms with van der Waals surface area (Å²) in [6.07, 6.45) is 0.341. The summed E-state index contributed by atoms with van der Waals surface area (Å²) >= 11 is 0. The van der Waals surface area contributed by atoms with Crippen LogP contribution in [0.25, 0.3) is 0 Å². The van der Waals surface area contributed by atoms with Crippen LogP contribution in [0, 0.1) is 0 Å². The zero-order valence-electron chi connectivity index (χ0n) is 11.3. The Morgan fingerprint density at radius 1 is 1.28 bits per heavy atom. The summed E-state index contributed by atoms with van der Waals surface area (Å²) in [6.45, 7) is 5.90. The summed E-state index contributed by atoms with van der Waals surface area (Å²) in [5.41, 5.74) is -0.833. The van der Waals surface area contributed by atoms with Crippen molar-refractivity contribution in [3.63, 3.8) is 0 Å². The lowest BCUT2D eigenvalue weighted by molar-refractivity contribution is -0.138. The van der Waals surface area contributed by atoms with Crippen molar-refractivity contribution in [3.8, 4) is 0 Å². The van der Waals surface area contributed by atoms with Gasteiger partial charge < -0.3 is 19.7 Å². The molecule has 0 aromatic heterocycles. The summed E-state index contributed by atoms with van der Waals surface area (Å²) in [5, 5.41) is 2.72. The zero-order chi connectivity index (χ0) is 13.6. The molecule has 18 heavy (non-hydrogen) atoms. The van der Waals surface area contributed by atoms with Crippen molar-refractivity contribution < 1.29 is 19.1 Å². The third kappa shape index (κ3) is 4.27. The van der Waals surface area contributed by atoms with Crippen LogP contribution in [0.4, 0.5) is 0 Å². The largest absolute Gasteiger partial charge is 0.382 e. The van der Waals surface area contributed by atoms with Crippen LogP contribution in [0.1, 0.15) is 20.3 Å². The molecule has 0 aromatic carbocycles. The fourth-order valence-electron chi connectivity index (χ4n) is 1.83. The first-order chi connectivity index (χ1) is 8.47. The molecule has 6 nitrogen and oxygen atoms in total. The lowest BCUT2D eigenvalue weighted by Gasteiger charge is -2.28. The molecular weight excluding hydrogens is 236 g/mol. The molecule has 0 aliphatic carbocycles. The second kappa shape index (κ2) is 6.70. The highest BCUT2D eigenvalue weighted by Gasteiger charge is 2.36. The maximum Gasteiger partial charge on any atom is 0.247 e. The molecule has 0 saturated carbocycles. The quantitative estimate of drug-likeness (QED) is 0.669. The van der Waals surface area contributed by atoms with E-state index in [4.69, 9.17) is 9.47 Å². The highest BCUT2D eigenvalue weighted by atomic mass is 16.5. The van der Waals surface area contributed by atoms with E-state index in [1.165, 1.54) is 0 Å². The summed E-state index contributed by atoms with van der Waals surface area (Å²) < 4.78 is 10.2. The van der Waals surface area contributed by atoms with Crippen LogP contribution in [0.15, 0.2) is 0 Å². The van der Waals surface area contributed by atoms with Crippen LogP contribution in [0.3, 0.4) is 0 Å². The molecular formula is C12H22N2O4. The molecule has 1 fully saturated rings. The van der Waals surface area contributed by atoms with Gasteiger partial charge in [-0.1, -0.05) is 0 Å². The number of hydrogen-bond donors (Lipinski definition) is 1. The first-order valence-corrected chi connectivity index (χ1v) is 6.14. The number of ether oxygens (including phenoxy) is 2. The summed E-state index contributed by atoms with van der Waals surface area (Å²) in [6, 6.07) is 0. The SMILES string of the molecule is COCCOCCN1CCC(=O)NC(C)(C)C1=O. The van der Waals surface area contributed by atoms with E-state index in [1.807, 2.05) is 0 Å². The minimum absolute atomic E-state index is 0.0660. The highest BCUT2D eigenvalue weighted by molar-refractivity contribution is 5.92. The third-order valence-corrected chi connectivity index (χ3v) is 2.82. The van der Waals surface area contributed by atoms with E-state index in [9.17, 15) is 9.59 Å². The zero-order valence-corrected chi connectivity index (χ0v) is 11.3. The molecule has 2 amide bonds. The molecule has 0 atom stereocenters. The maximum atomic E-state index is 12.2. The van der Waals surface area contributed by atoms with E-state index in [0.29, 0.717) is 39.3 Å². The minimum Gasteiger partial charge on any atom is -0.382 e. The Morgan fingerprint density at radius 2 is 2.00 bits per heavy atom. The molecule has 1 aliphatic rings. The summed E-state index contributed by atoms with van der Waals surface area (Å²) in [4.78, 5) is 25.3. The fraction of sp³-hybridized carbons (Fsp3) is 0.833. The van der Waals surface area contributed by atoms with Crippen molar-refractivity contribution in [1.82, 2.24) is 10.2 Å². The number of methoxy groups -OCH3 is 1. The van der Waals surface area contributed by atoms with E-state index < -0.39 is 5.54 Å². The predicted octanol–water partition coefficient (Wildman–Crippen LogP) is -0.223. The number of amides is 2. The van der Waals surface area contributed by atoms with Crippen LogP contribution in [-0.2, 0) is 19.1 Å². The molecule has 6 heteroatoms. The van der Waals surface area contributed by atoms with Crippen LogP contribution in [0.2, 0.25) is 0 Å². The number of carbonyl (C=O) groups excluding carboxylic acids is 2. The third-order valence-electron chi connectivity index (χ3n) is 2.82. The van der Waals surface area contributed by atoms with Gasteiger partial charge in [-0.15, -0.1) is 0 Å². The predicted molar refractivity (Wildman–Crippen MR) is 66.1 cm³/mol. The first kappa shape index (κ1) is 14.9. The van der Waals surface area contributed by atoms with Crippen molar-refractivity contribution in [2.75, 3.05) is 40.0 Å². The standard InChI is InChI=1S/C12H22N2O4/c1-12(2)11(16)14(5-4-10(15)13-12)6-7-18-9-8-17-3/h4-9H2,1-3H3,(H,13,15). The molecule has 1 heterocycles. The lowest BCUT2D eigenvalue weighted by Crippen LogP contribution is -2.53. The highest BCUT2D eigenvalue weighted by Crippen LogP contribution is 2.12. The average molecular weight is 258 g/mol. The van der Waals surface area contributed by atoms with Gasteiger partial charge in [-0.25, -0.2) is 0 Å². The van der Waals surface area contributed by atoms with Crippen LogP contribution >= 0.6 is 0 Å². The van der Waals surface area contributed by atoms with Gasteiger partial charge in [0.15, 0.2) is 0 Å². The summed E-state index contributed by atoms with van der Waals surface area (Å²) in [7, 11) is 1.61. The summed E-state index contributed by atoms with van der Waals surface area (Å²) in [5.74, 6) is -0.153. The Hall–Kier alpha value is -1.14. The van der Waals surface area contributed by atoms with Gasteiger partial charge in [0.2, 0.25) is 11.8 Å². The van der Waals surface area contributed by atoms with Gasteiger partial charge in [0.05, 0.1) is 19.8 Å². The van der Waals surface area contributed by atoms with E-state index >= 15 is 0 Å². The molecule has 0 aromatic rings. The molecule has 0 bridgehead atoms. The second-order valence-electron chi connectivity index (χ2n) is 4.82. The second-order valence-corrected chi connectivity index (χ2v) is 4.82. The topological polar surface area (TPSA) is 67.9 Å². The maximum absolute atomic E-state index is 12.2. The number of nitrogens with one attached hydrogen (secondary N) is 1. The fourth-order valence-corrected chi connectivity index (χ4v) is 1.83. The Morgan fingerprint density at radius 3 is 2.67 bits per heavy atom. The van der Waals surface area contributed by atoms with Gasteiger partial charge in [0.1, 0.15) is 5.54 Å². The molecule has 1 saturated heterocycles. The Labute approximate surface area is 108 Å². The van der Waals surface area contributed by atoms with E-state index in [-0.39, 0.29) is 11.8 Å². The number of carbonyl (C=O) groups is 2. The van der Waals surface area contributed by atoms with E-state index in [0.717, 1.165) is 0 Å². The molecule has 1 aliphatic heterocycles. The lowest BCUT2D eigenvalue weighted by atomic mass is 10.0. The van der Waals surface area contributed by atoms with Gasteiger partial charge in [0, 0.05) is 26.6 Å². The van der Waals surface area contributed by atoms with Gasteiger partial charge in [-0.2, -0.15) is 0 Å². The molecule has 0 radical (unpaired) electrons.